The van der Waals surface area contributed by atoms with Gasteiger partial charge in [-0.05, 0) is 40.3 Å². The Morgan fingerprint density at radius 3 is 2.96 bits per heavy atom. The SMILES string of the molecule is COc1cc(/C=N/NC(=O)CN2CCOCC2)cc(I)c1OCC#N. The molecule has 0 atom stereocenters. The minimum Gasteiger partial charge on any atom is -0.493 e. The Kier molecular flexibility index (Phi) is 7.90. The molecule has 1 aliphatic rings. The quantitative estimate of drug-likeness (QED) is 0.372. The minimum absolute atomic E-state index is 0.0581. The first kappa shape index (κ1) is 19.4. The van der Waals surface area contributed by atoms with Crippen molar-refractivity contribution in [2.75, 3.05) is 46.6 Å². The second-order valence-corrected chi connectivity index (χ2v) is 6.32. The number of carbonyl (C=O) groups excluding carboxylic acids is 1. The fraction of sp³-hybridized carbons (Fsp3) is 0.438. The van der Waals surface area contributed by atoms with E-state index in [4.69, 9.17) is 19.5 Å². The van der Waals surface area contributed by atoms with E-state index >= 15 is 0 Å². The monoisotopic (exact) mass is 458 g/mol. The van der Waals surface area contributed by atoms with Gasteiger partial charge in [0.05, 0.1) is 36.7 Å². The number of hydrazone groups is 1. The molecule has 0 aromatic heterocycles. The fourth-order valence-corrected chi connectivity index (χ4v) is 3.02. The molecule has 1 aliphatic heterocycles. The molecule has 9 heteroatoms. The lowest BCUT2D eigenvalue weighted by atomic mass is 10.2. The highest BCUT2D eigenvalue weighted by Gasteiger charge is 2.14. The van der Waals surface area contributed by atoms with Gasteiger partial charge >= 0.3 is 0 Å². The van der Waals surface area contributed by atoms with Crippen LogP contribution in [0.3, 0.4) is 0 Å². The van der Waals surface area contributed by atoms with Crippen LogP contribution < -0.4 is 14.9 Å². The molecule has 134 valence electrons. The molecule has 1 aromatic carbocycles. The number of nitrogens with one attached hydrogen (secondary N) is 1. The number of hydrogen-bond donors (Lipinski definition) is 1. The van der Waals surface area contributed by atoms with Gasteiger partial charge in [0, 0.05) is 13.1 Å². The number of carbonyl (C=O) groups is 1. The van der Waals surface area contributed by atoms with E-state index in [1.807, 2.05) is 17.0 Å². The molecule has 25 heavy (non-hydrogen) atoms. The highest BCUT2D eigenvalue weighted by atomic mass is 127. The van der Waals surface area contributed by atoms with Crippen molar-refractivity contribution < 1.29 is 19.0 Å². The Morgan fingerprint density at radius 2 is 2.28 bits per heavy atom. The summed E-state index contributed by atoms with van der Waals surface area (Å²) in [6.07, 6.45) is 1.54. The van der Waals surface area contributed by atoms with Crippen molar-refractivity contribution in [1.29, 1.82) is 5.26 Å². The smallest absolute Gasteiger partial charge is 0.254 e. The molecule has 2 rings (SSSR count). The summed E-state index contributed by atoms with van der Waals surface area (Å²) in [5.41, 5.74) is 3.26. The summed E-state index contributed by atoms with van der Waals surface area (Å²) in [4.78, 5) is 13.9. The van der Waals surface area contributed by atoms with Crippen molar-refractivity contribution in [3.63, 3.8) is 0 Å². The maximum Gasteiger partial charge on any atom is 0.254 e. The third-order valence-electron chi connectivity index (χ3n) is 3.41. The summed E-state index contributed by atoms with van der Waals surface area (Å²) in [5.74, 6) is 0.843. The maximum absolute atomic E-state index is 11.9. The standard InChI is InChI=1S/C16H19IN4O4/c1-23-14-9-12(8-13(17)16(14)25-5-2-18)10-19-20-15(22)11-21-3-6-24-7-4-21/h8-10H,3-7,11H2,1H3,(H,20,22)/b19-10+. The van der Waals surface area contributed by atoms with Crippen molar-refractivity contribution in [2.24, 2.45) is 5.10 Å². The Hall–Kier alpha value is -1.90. The first-order valence-corrected chi connectivity index (χ1v) is 8.71. The van der Waals surface area contributed by atoms with Crippen LogP contribution in [0.2, 0.25) is 0 Å². The van der Waals surface area contributed by atoms with Gasteiger partial charge in [-0.15, -0.1) is 0 Å². The van der Waals surface area contributed by atoms with E-state index in [0.717, 1.165) is 22.2 Å². The highest BCUT2D eigenvalue weighted by molar-refractivity contribution is 14.1. The number of nitriles is 1. The second-order valence-electron chi connectivity index (χ2n) is 5.16. The molecule has 1 fully saturated rings. The van der Waals surface area contributed by atoms with Crippen LogP contribution in [0.15, 0.2) is 17.2 Å². The average Bonchev–Trinajstić information content (AvgIpc) is 2.61. The maximum atomic E-state index is 11.9. The van der Waals surface area contributed by atoms with Crippen molar-refractivity contribution in [3.05, 3.63) is 21.3 Å². The van der Waals surface area contributed by atoms with Gasteiger partial charge in [0.25, 0.3) is 5.91 Å². The van der Waals surface area contributed by atoms with E-state index in [-0.39, 0.29) is 12.5 Å². The molecule has 8 nitrogen and oxygen atoms in total. The lowest BCUT2D eigenvalue weighted by Crippen LogP contribution is -2.42. The van der Waals surface area contributed by atoms with Gasteiger partial charge in [-0.2, -0.15) is 10.4 Å². The van der Waals surface area contributed by atoms with Crippen LogP contribution >= 0.6 is 22.6 Å². The lowest BCUT2D eigenvalue weighted by molar-refractivity contribution is -0.123. The van der Waals surface area contributed by atoms with Gasteiger partial charge in [-0.3, -0.25) is 9.69 Å². The number of amides is 1. The van der Waals surface area contributed by atoms with Crippen LogP contribution in [0.1, 0.15) is 5.56 Å². The average molecular weight is 458 g/mol. The Bertz CT molecular complexity index is 669. The summed E-state index contributed by atoms with van der Waals surface area (Å²) >= 11 is 2.09. The summed E-state index contributed by atoms with van der Waals surface area (Å²) in [7, 11) is 1.52. The largest absolute Gasteiger partial charge is 0.493 e. The number of hydrogen-bond acceptors (Lipinski definition) is 7. The molecule has 0 spiro atoms. The zero-order chi connectivity index (χ0) is 18.1. The van der Waals surface area contributed by atoms with Crippen LogP contribution in [0.25, 0.3) is 0 Å². The van der Waals surface area contributed by atoms with E-state index < -0.39 is 0 Å². The van der Waals surface area contributed by atoms with Crippen LogP contribution in [0.5, 0.6) is 11.5 Å². The number of benzene rings is 1. The fourth-order valence-electron chi connectivity index (χ4n) is 2.24. The topological polar surface area (TPSA) is 96.2 Å². The normalized spacial score (nSPS) is 14.9. The zero-order valence-corrected chi connectivity index (χ0v) is 16.0. The van der Waals surface area contributed by atoms with E-state index in [2.05, 4.69) is 33.1 Å². The molecule has 1 aromatic rings. The van der Waals surface area contributed by atoms with Crippen LogP contribution in [0, 0.1) is 14.9 Å². The van der Waals surface area contributed by atoms with E-state index in [9.17, 15) is 4.79 Å². The van der Waals surface area contributed by atoms with Gasteiger partial charge in [0.1, 0.15) is 6.07 Å². The van der Waals surface area contributed by atoms with Gasteiger partial charge < -0.3 is 14.2 Å². The molecular formula is C16H19IN4O4. The number of rotatable bonds is 7. The molecular weight excluding hydrogens is 439 g/mol. The molecule has 1 saturated heterocycles. The van der Waals surface area contributed by atoms with Crippen molar-refractivity contribution in [2.45, 2.75) is 0 Å². The summed E-state index contributed by atoms with van der Waals surface area (Å²) in [6.45, 7) is 3.03. The number of ether oxygens (including phenoxy) is 3. The van der Waals surface area contributed by atoms with Crippen molar-refractivity contribution >= 4 is 34.7 Å². The van der Waals surface area contributed by atoms with Crippen molar-refractivity contribution in [1.82, 2.24) is 10.3 Å². The first-order valence-electron chi connectivity index (χ1n) is 7.63. The third kappa shape index (κ3) is 6.15. The number of halogens is 1. The van der Waals surface area contributed by atoms with Gasteiger partial charge in [-0.1, -0.05) is 0 Å². The molecule has 1 amide bonds. The molecule has 0 saturated carbocycles. The Morgan fingerprint density at radius 1 is 1.52 bits per heavy atom. The van der Waals surface area contributed by atoms with Crippen molar-refractivity contribution in [3.8, 4) is 17.6 Å². The minimum atomic E-state index is -0.172. The van der Waals surface area contributed by atoms with Gasteiger partial charge in [0.2, 0.25) is 0 Å². The molecule has 0 bridgehead atoms. The Balaban J connectivity index is 1.94. The first-order chi connectivity index (χ1) is 12.1. The Labute approximate surface area is 159 Å². The van der Waals surface area contributed by atoms with Gasteiger partial charge in [0.15, 0.2) is 18.1 Å². The van der Waals surface area contributed by atoms with E-state index in [0.29, 0.717) is 31.3 Å². The molecule has 1 heterocycles. The number of morpholine rings is 1. The van der Waals surface area contributed by atoms with Crippen LogP contribution in [-0.4, -0.2) is 63.6 Å². The summed E-state index contributed by atoms with van der Waals surface area (Å²) < 4.78 is 16.7. The lowest BCUT2D eigenvalue weighted by Gasteiger charge is -2.25. The van der Waals surface area contributed by atoms with E-state index in [1.54, 1.807) is 6.07 Å². The highest BCUT2D eigenvalue weighted by Crippen LogP contribution is 2.33. The molecule has 1 N–H and O–H groups in total. The molecule has 0 unspecified atom stereocenters. The van der Waals surface area contributed by atoms with Crippen LogP contribution in [-0.2, 0) is 9.53 Å². The number of methoxy groups -OCH3 is 1. The van der Waals surface area contributed by atoms with Gasteiger partial charge in [-0.25, -0.2) is 5.43 Å². The summed E-state index contributed by atoms with van der Waals surface area (Å²) in [6, 6.07) is 5.48. The molecule has 0 aliphatic carbocycles. The second kappa shape index (κ2) is 10.2. The predicted octanol–water partition coefficient (Wildman–Crippen LogP) is 0.984. The third-order valence-corrected chi connectivity index (χ3v) is 4.21. The number of nitrogens with zero attached hydrogens (tertiary/aromatic N) is 3. The van der Waals surface area contributed by atoms with Crippen LogP contribution in [0.4, 0.5) is 0 Å². The zero-order valence-electron chi connectivity index (χ0n) is 13.8. The van der Waals surface area contributed by atoms with E-state index in [1.165, 1.54) is 13.3 Å². The molecule has 0 radical (unpaired) electrons. The predicted molar refractivity (Wildman–Crippen MR) is 99.8 cm³/mol. The summed E-state index contributed by atoms with van der Waals surface area (Å²) in [5, 5.41) is 12.6.